The van der Waals surface area contributed by atoms with E-state index in [1.54, 1.807) is 12.1 Å². The van der Waals surface area contributed by atoms with E-state index in [0.29, 0.717) is 29.5 Å². The molecule has 0 aliphatic heterocycles. The predicted octanol–water partition coefficient (Wildman–Crippen LogP) is -2.40. The van der Waals surface area contributed by atoms with Crippen molar-refractivity contribution in [3.63, 3.8) is 0 Å². The van der Waals surface area contributed by atoms with Crippen molar-refractivity contribution >= 4 is 29.2 Å². The summed E-state index contributed by atoms with van der Waals surface area (Å²) in [6.45, 7) is 1.08. The molecule has 1 amide bonds. The van der Waals surface area contributed by atoms with E-state index < -0.39 is 17.9 Å². The second kappa shape index (κ2) is 8.46. The molecule has 0 heterocycles. The summed E-state index contributed by atoms with van der Waals surface area (Å²) in [5.74, 6) is -1.21. The summed E-state index contributed by atoms with van der Waals surface area (Å²) >= 11 is 5.94. The van der Waals surface area contributed by atoms with Gasteiger partial charge in [-0.1, -0.05) is 11.6 Å². The van der Waals surface area contributed by atoms with Gasteiger partial charge >= 0.3 is 0 Å². The van der Waals surface area contributed by atoms with E-state index in [1.807, 2.05) is 0 Å². The van der Waals surface area contributed by atoms with Crippen molar-refractivity contribution in [3.05, 3.63) is 23.2 Å². The van der Waals surface area contributed by atoms with Gasteiger partial charge in [0.2, 0.25) is 5.91 Å². The first-order valence-electron chi connectivity index (χ1n) is 6.44. The molecule has 6 N–H and O–H groups in total. The lowest BCUT2D eigenvalue weighted by Crippen LogP contribution is -2.95. The first-order valence-corrected chi connectivity index (χ1v) is 6.82. The van der Waals surface area contributed by atoms with Gasteiger partial charge in [0.1, 0.15) is 24.9 Å². The lowest BCUT2D eigenvalue weighted by atomic mass is 10.2. The number of carbonyl (C=O) groups is 2. The Kier molecular flexibility index (Phi) is 6.93. The fraction of sp³-hybridized carbons (Fsp3) is 0.385. The summed E-state index contributed by atoms with van der Waals surface area (Å²) < 4.78 is 5.00. The first-order chi connectivity index (χ1) is 9.97. The number of carboxylic acids is 1. The van der Waals surface area contributed by atoms with Gasteiger partial charge in [-0.3, -0.25) is 4.79 Å². The number of methoxy groups -OCH3 is 1. The van der Waals surface area contributed by atoms with Gasteiger partial charge in [0.15, 0.2) is 0 Å². The molecule has 0 aliphatic carbocycles. The van der Waals surface area contributed by atoms with Crippen molar-refractivity contribution < 1.29 is 30.5 Å². The smallest absolute Gasteiger partial charge is 0.230 e. The Morgan fingerprint density at radius 2 is 2.24 bits per heavy atom. The summed E-state index contributed by atoms with van der Waals surface area (Å²) in [5.41, 5.74) is 4.09. The number of benzene rings is 1. The zero-order chi connectivity index (χ0) is 15.8. The number of hydrogen-bond donors (Lipinski definition) is 3. The SMILES string of the molecule is COc1ccc(NC(=O)C[C@H]([NH2+]CC[NH3+])C(=O)[O-])cc1Cl. The van der Waals surface area contributed by atoms with Gasteiger partial charge in [-0.2, -0.15) is 0 Å². The van der Waals surface area contributed by atoms with E-state index >= 15 is 0 Å². The van der Waals surface area contributed by atoms with Gasteiger partial charge in [-0.05, 0) is 18.2 Å². The van der Waals surface area contributed by atoms with Gasteiger partial charge in [-0.25, -0.2) is 0 Å². The molecule has 0 spiro atoms. The largest absolute Gasteiger partial charge is 0.544 e. The Labute approximate surface area is 127 Å². The minimum atomic E-state index is -1.27. The number of nitrogens with one attached hydrogen (secondary N) is 1. The maximum atomic E-state index is 11.8. The zero-order valence-electron chi connectivity index (χ0n) is 11.7. The van der Waals surface area contributed by atoms with Crippen LogP contribution in [0.15, 0.2) is 18.2 Å². The number of amides is 1. The molecule has 1 aromatic carbocycles. The fourth-order valence-electron chi connectivity index (χ4n) is 1.74. The average Bonchev–Trinajstić information content (AvgIpc) is 2.43. The van der Waals surface area contributed by atoms with Crippen molar-refractivity contribution in [2.24, 2.45) is 0 Å². The first kappa shape index (κ1) is 17.2. The Morgan fingerprint density at radius 3 is 2.76 bits per heavy atom. The molecule has 0 aromatic heterocycles. The molecular formula is C13H19ClN3O4+. The molecule has 0 fully saturated rings. The number of carbonyl (C=O) groups excluding carboxylic acids is 2. The Morgan fingerprint density at radius 1 is 1.52 bits per heavy atom. The van der Waals surface area contributed by atoms with E-state index in [4.69, 9.17) is 16.3 Å². The highest BCUT2D eigenvalue weighted by atomic mass is 35.5. The van der Waals surface area contributed by atoms with Crippen LogP contribution in [-0.4, -0.2) is 38.1 Å². The molecule has 116 valence electrons. The topological polar surface area (TPSA) is 123 Å². The standard InChI is InChI=1S/C13H18ClN3O4/c1-21-11-3-2-8(6-9(11)14)17-12(18)7-10(13(19)20)16-5-4-15/h2-3,6,10,16H,4-5,7,15H2,1H3,(H,17,18)(H,19,20)/p+1/t10-/m0/s1. The fourth-order valence-corrected chi connectivity index (χ4v) is 2.00. The minimum Gasteiger partial charge on any atom is -0.544 e. The van der Waals surface area contributed by atoms with E-state index in [2.05, 4.69) is 11.1 Å². The Hall–Kier alpha value is -1.83. The number of anilines is 1. The van der Waals surface area contributed by atoms with Crippen LogP contribution in [-0.2, 0) is 9.59 Å². The molecule has 0 unspecified atom stereocenters. The van der Waals surface area contributed by atoms with Crippen LogP contribution >= 0.6 is 11.6 Å². The van der Waals surface area contributed by atoms with E-state index in [9.17, 15) is 14.7 Å². The highest BCUT2D eigenvalue weighted by molar-refractivity contribution is 6.32. The molecule has 1 rings (SSSR count). The monoisotopic (exact) mass is 316 g/mol. The number of quaternary nitrogens is 2. The van der Waals surface area contributed by atoms with Crippen LogP contribution in [0.25, 0.3) is 0 Å². The molecular weight excluding hydrogens is 298 g/mol. The summed E-state index contributed by atoms with van der Waals surface area (Å²) in [6.07, 6.45) is -0.189. The maximum absolute atomic E-state index is 11.8. The van der Waals surface area contributed by atoms with Crippen LogP contribution in [0.3, 0.4) is 0 Å². The van der Waals surface area contributed by atoms with Crippen LogP contribution in [0.5, 0.6) is 5.75 Å². The Bertz CT molecular complexity index is 510. The van der Waals surface area contributed by atoms with Crippen LogP contribution in [0, 0.1) is 0 Å². The Balaban J connectivity index is 2.63. The van der Waals surface area contributed by atoms with Crippen LogP contribution in [0.1, 0.15) is 6.42 Å². The quantitative estimate of drug-likeness (QED) is 0.495. The number of ether oxygens (including phenoxy) is 1. The van der Waals surface area contributed by atoms with Gasteiger partial charge in [-0.15, -0.1) is 0 Å². The zero-order valence-corrected chi connectivity index (χ0v) is 12.5. The number of nitrogens with two attached hydrogens (primary N) is 1. The number of aliphatic carboxylic acids is 1. The highest BCUT2D eigenvalue weighted by Crippen LogP contribution is 2.27. The van der Waals surface area contributed by atoms with E-state index in [-0.39, 0.29) is 6.42 Å². The van der Waals surface area contributed by atoms with Crippen molar-refractivity contribution in [1.29, 1.82) is 0 Å². The summed E-state index contributed by atoms with van der Waals surface area (Å²) in [7, 11) is 1.49. The third kappa shape index (κ3) is 5.58. The normalized spacial score (nSPS) is 11.8. The molecule has 0 saturated carbocycles. The van der Waals surface area contributed by atoms with Crippen LogP contribution in [0.4, 0.5) is 5.69 Å². The highest BCUT2D eigenvalue weighted by Gasteiger charge is 2.18. The second-order valence-corrected chi connectivity index (χ2v) is 4.81. The van der Waals surface area contributed by atoms with Gasteiger partial charge in [0.05, 0.1) is 24.5 Å². The maximum Gasteiger partial charge on any atom is 0.230 e. The molecule has 1 atom stereocenters. The summed E-state index contributed by atoms with van der Waals surface area (Å²) in [4.78, 5) is 22.8. The molecule has 1 aromatic rings. The molecule has 0 aliphatic rings. The van der Waals surface area contributed by atoms with Crippen LogP contribution < -0.4 is 26.2 Å². The molecule has 0 bridgehead atoms. The number of rotatable bonds is 8. The summed E-state index contributed by atoms with van der Waals surface area (Å²) in [6, 6.07) is 3.84. The van der Waals surface area contributed by atoms with Gasteiger partial charge < -0.3 is 31.0 Å². The lowest BCUT2D eigenvalue weighted by Gasteiger charge is -2.15. The molecule has 21 heavy (non-hydrogen) atoms. The number of hydrogen-bond acceptors (Lipinski definition) is 4. The summed E-state index contributed by atoms with van der Waals surface area (Å²) in [5, 5.41) is 15.4. The number of halogens is 1. The lowest BCUT2D eigenvalue weighted by molar-refractivity contribution is -0.695. The van der Waals surface area contributed by atoms with E-state index in [1.165, 1.54) is 18.5 Å². The van der Waals surface area contributed by atoms with E-state index in [0.717, 1.165) is 0 Å². The van der Waals surface area contributed by atoms with Crippen molar-refractivity contribution in [2.75, 3.05) is 25.5 Å². The third-order valence-electron chi connectivity index (χ3n) is 2.80. The molecule has 0 saturated heterocycles. The van der Waals surface area contributed by atoms with Gasteiger partial charge in [0, 0.05) is 5.69 Å². The molecule has 8 heteroatoms. The second-order valence-electron chi connectivity index (χ2n) is 4.41. The van der Waals surface area contributed by atoms with Crippen molar-refractivity contribution in [1.82, 2.24) is 0 Å². The number of carboxylic acid groups (broad SMARTS) is 1. The average molecular weight is 317 g/mol. The predicted molar refractivity (Wildman–Crippen MR) is 74.6 cm³/mol. The molecule has 7 nitrogen and oxygen atoms in total. The minimum absolute atomic E-state index is 0.189. The third-order valence-corrected chi connectivity index (χ3v) is 3.09. The van der Waals surface area contributed by atoms with Crippen molar-refractivity contribution in [3.8, 4) is 5.75 Å². The van der Waals surface area contributed by atoms with Crippen molar-refractivity contribution in [2.45, 2.75) is 12.5 Å². The van der Waals surface area contributed by atoms with Crippen LogP contribution in [0.2, 0.25) is 5.02 Å². The van der Waals surface area contributed by atoms with Gasteiger partial charge in [0.25, 0.3) is 0 Å². The molecule has 0 radical (unpaired) electrons.